The van der Waals surface area contributed by atoms with Crippen molar-refractivity contribution in [2.75, 3.05) is 26.2 Å². The fourth-order valence-electron chi connectivity index (χ4n) is 2.98. The number of carboxylic acid groups (broad SMARTS) is 1. The SMILES string of the molecule is O=C(O)CCC1CCN(N2CCCCC2)CC1. The second-order valence-corrected chi connectivity index (χ2v) is 5.34. The van der Waals surface area contributed by atoms with E-state index in [9.17, 15) is 4.79 Å². The molecule has 2 rings (SSSR count). The molecule has 0 atom stereocenters. The lowest BCUT2D eigenvalue weighted by Gasteiger charge is -2.41. The Morgan fingerprint density at radius 1 is 1.00 bits per heavy atom. The molecular formula is C13H24N2O2. The predicted octanol–water partition coefficient (Wildman–Crippen LogP) is 1.96. The summed E-state index contributed by atoms with van der Waals surface area (Å²) in [6, 6.07) is 0. The van der Waals surface area contributed by atoms with Gasteiger partial charge in [-0.05, 0) is 38.0 Å². The quantitative estimate of drug-likeness (QED) is 0.816. The maximum atomic E-state index is 10.5. The van der Waals surface area contributed by atoms with Gasteiger partial charge in [-0.25, -0.2) is 10.0 Å². The van der Waals surface area contributed by atoms with E-state index in [0.717, 1.165) is 19.5 Å². The summed E-state index contributed by atoms with van der Waals surface area (Å²) in [5.74, 6) is -0.0180. The molecule has 0 bridgehead atoms. The number of nitrogens with zero attached hydrogens (tertiary/aromatic N) is 2. The molecule has 1 N–H and O–H groups in total. The molecular weight excluding hydrogens is 216 g/mol. The average Bonchev–Trinajstić information content (AvgIpc) is 2.38. The van der Waals surface area contributed by atoms with Gasteiger partial charge in [0.25, 0.3) is 0 Å². The van der Waals surface area contributed by atoms with Crippen LogP contribution in [-0.4, -0.2) is 47.3 Å². The minimum absolute atomic E-state index is 0.342. The van der Waals surface area contributed by atoms with Crippen LogP contribution in [0.3, 0.4) is 0 Å². The van der Waals surface area contributed by atoms with Crippen LogP contribution in [0.15, 0.2) is 0 Å². The molecule has 0 aromatic rings. The third-order valence-electron chi connectivity index (χ3n) is 4.09. The van der Waals surface area contributed by atoms with Crippen LogP contribution in [0.2, 0.25) is 0 Å². The molecule has 0 unspecified atom stereocenters. The van der Waals surface area contributed by atoms with Crippen molar-refractivity contribution in [2.24, 2.45) is 5.92 Å². The highest BCUT2D eigenvalue weighted by Gasteiger charge is 2.24. The van der Waals surface area contributed by atoms with E-state index in [4.69, 9.17) is 5.11 Å². The van der Waals surface area contributed by atoms with Gasteiger partial charge in [0.05, 0.1) is 0 Å². The number of hydrazine groups is 1. The maximum Gasteiger partial charge on any atom is 0.303 e. The second-order valence-electron chi connectivity index (χ2n) is 5.34. The van der Waals surface area contributed by atoms with Crippen LogP contribution in [0.5, 0.6) is 0 Å². The van der Waals surface area contributed by atoms with E-state index in [1.165, 1.54) is 45.2 Å². The van der Waals surface area contributed by atoms with Gasteiger partial charge in [0.15, 0.2) is 0 Å². The minimum Gasteiger partial charge on any atom is -0.481 e. The topological polar surface area (TPSA) is 43.8 Å². The van der Waals surface area contributed by atoms with E-state index in [1.807, 2.05) is 0 Å². The molecule has 4 heteroatoms. The Bertz CT molecular complexity index is 244. The molecule has 2 heterocycles. The summed E-state index contributed by atoms with van der Waals surface area (Å²) in [6.07, 6.45) is 7.59. The summed E-state index contributed by atoms with van der Waals surface area (Å²) in [5, 5.41) is 13.7. The normalized spacial score (nSPS) is 24.9. The van der Waals surface area contributed by atoms with Crippen LogP contribution < -0.4 is 0 Å². The Labute approximate surface area is 104 Å². The number of carboxylic acids is 1. The molecule has 2 aliphatic heterocycles. The van der Waals surface area contributed by atoms with Crippen molar-refractivity contribution in [3.8, 4) is 0 Å². The minimum atomic E-state index is -0.650. The van der Waals surface area contributed by atoms with Gasteiger partial charge in [0.2, 0.25) is 0 Å². The van der Waals surface area contributed by atoms with Crippen LogP contribution in [0, 0.1) is 5.92 Å². The summed E-state index contributed by atoms with van der Waals surface area (Å²) in [7, 11) is 0. The number of piperidine rings is 2. The first-order valence-corrected chi connectivity index (χ1v) is 6.97. The monoisotopic (exact) mass is 240 g/mol. The fourth-order valence-corrected chi connectivity index (χ4v) is 2.98. The zero-order chi connectivity index (χ0) is 12.1. The van der Waals surface area contributed by atoms with Crippen molar-refractivity contribution < 1.29 is 9.90 Å². The van der Waals surface area contributed by atoms with Crippen LogP contribution in [0.1, 0.15) is 44.9 Å². The highest BCUT2D eigenvalue weighted by Crippen LogP contribution is 2.24. The van der Waals surface area contributed by atoms with Crippen molar-refractivity contribution in [1.29, 1.82) is 0 Å². The lowest BCUT2D eigenvalue weighted by Crippen LogP contribution is -2.49. The van der Waals surface area contributed by atoms with E-state index in [-0.39, 0.29) is 0 Å². The van der Waals surface area contributed by atoms with E-state index in [0.29, 0.717) is 12.3 Å². The molecule has 0 radical (unpaired) electrons. The molecule has 2 aliphatic rings. The standard InChI is InChI=1S/C13H24N2O2/c16-13(17)5-4-12-6-10-15(11-7-12)14-8-2-1-3-9-14/h12H,1-11H2,(H,16,17). The molecule has 0 saturated carbocycles. The molecule has 4 nitrogen and oxygen atoms in total. The lowest BCUT2D eigenvalue weighted by atomic mass is 9.93. The molecule has 0 aliphatic carbocycles. The fraction of sp³-hybridized carbons (Fsp3) is 0.923. The molecule has 0 spiro atoms. The predicted molar refractivity (Wildman–Crippen MR) is 66.6 cm³/mol. The maximum absolute atomic E-state index is 10.5. The van der Waals surface area contributed by atoms with Gasteiger partial charge in [-0.2, -0.15) is 0 Å². The number of hydrogen-bond acceptors (Lipinski definition) is 3. The second kappa shape index (κ2) is 6.36. The van der Waals surface area contributed by atoms with Crippen molar-refractivity contribution in [3.63, 3.8) is 0 Å². The number of rotatable bonds is 4. The Morgan fingerprint density at radius 3 is 2.18 bits per heavy atom. The highest BCUT2D eigenvalue weighted by atomic mass is 16.4. The summed E-state index contributed by atoms with van der Waals surface area (Å²) in [5.41, 5.74) is 0. The van der Waals surface area contributed by atoms with Gasteiger partial charge >= 0.3 is 5.97 Å². The third-order valence-corrected chi connectivity index (χ3v) is 4.09. The van der Waals surface area contributed by atoms with Gasteiger partial charge in [-0.15, -0.1) is 0 Å². The molecule has 98 valence electrons. The van der Waals surface area contributed by atoms with Crippen molar-refractivity contribution in [2.45, 2.75) is 44.9 Å². The van der Waals surface area contributed by atoms with Gasteiger partial charge in [0.1, 0.15) is 0 Å². The van der Waals surface area contributed by atoms with Crippen LogP contribution in [-0.2, 0) is 4.79 Å². The number of carbonyl (C=O) groups is 1. The zero-order valence-electron chi connectivity index (χ0n) is 10.6. The molecule has 17 heavy (non-hydrogen) atoms. The Hall–Kier alpha value is -0.610. The first kappa shape index (κ1) is 12.8. The summed E-state index contributed by atoms with van der Waals surface area (Å²) in [4.78, 5) is 10.5. The zero-order valence-corrected chi connectivity index (χ0v) is 10.6. The first-order valence-electron chi connectivity index (χ1n) is 6.97. The molecule has 2 saturated heterocycles. The van der Waals surface area contributed by atoms with Crippen molar-refractivity contribution in [3.05, 3.63) is 0 Å². The lowest BCUT2D eigenvalue weighted by molar-refractivity contribution is -0.137. The Morgan fingerprint density at radius 2 is 1.59 bits per heavy atom. The third kappa shape index (κ3) is 3.96. The van der Waals surface area contributed by atoms with Crippen LogP contribution >= 0.6 is 0 Å². The van der Waals surface area contributed by atoms with Gasteiger partial charge in [0, 0.05) is 32.6 Å². The van der Waals surface area contributed by atoms with Crippen molar-refractivity contribution >= 4 is 5.97 Å². The van der Waals surface area contributed by atoms with E-state index < -0.39 is 5.97 Å². The summed E-state index contributed by atoms with van der Waals surface area (Å²) < 4.78 is 0. The first-order chi connectivity index (χ1) is 8.25. The molecule has 0 amide bonds. The summed E-state index contributed by atoms with van der Waals surface area (Å²) >= 11 is 0. The number of aliphatic carboxylic acids is 1. The smallest absolute Gasteiger partial charge is 0.303 e. The Kier molecular flexibility index (Phi) is 4.80. The van der Waals surface area contributed by atoms with E-state index in [2.05, 4.69) is 10.0 Å². The van der Waals surface area contributed by atoms with Gasteiger partial charge in [-0.1, -0.05) is 6.42 Å². The molecule has 0 aromatic carbocycles. The van der Waals surface area contributed by atoms with Gasteiger partial charge in [-0.3, -0.25) is 4.79 Å². The van der Waals surface area contributed by atoms with Crippen molar-refractivity contribution in [1.82, 2.24) is 10.0 Å². The molecule has 0 aromatic heterocycles. The van der Waals surface area contributed by atoms with E-state index in [1.54, 1.807) is 0 Å². The summed E-state index contributed by atoms with van der Waals surface area (Å²) in [6.45, 7) is 4.70. The van der Waals surface area contributed by atoms with Crippen LogP contribution in [0.4, 0.5) is 0 Å². The Balaban J connectivity index is 1.68. The largest absolute Gasteiger partial charge is 0.481 e. The average molecular weight is 240 g/mol. The van der Waals surface area contributed by atoms with E-state index >= 15 is 0 Å². The number of hydrogen-bond donors (Lipinski definition) is 1. The van der Waals surface area contributed by atoms with Crippen LogP contribution in [0.25, 0.3) is 0 Å². The van der Waals surface area contributed by atoms with Gasteiger partial charge < -0.3 is 5.11 Å². The molecule has 2 fully saturated rings. The highest BCUT2D eigenvalue weighted by molar-refractivity contribution is 5.66.